The van der Waals surface area contributed by atoms with Gasteiger partial charge >= 0.3 is 6.18 Å². The van der Waals surface area contributed by atoms with Gasteiger partial charge in [-0.05, 0) is 24.4 Å². The van der Waals surface area contributed by atoms with E-state index >= 15 is 0 Å². The summed E-state index contributed by atoms with van der Waals surface area (Å²) in [6, 6.07) is 5.53. The van der Waals surface area contributed by atoms with E-state index in [1.165, 1.54) is 18.3 Å². The van der Waals surface area contributed by atoms with Crippen LogP contribution in [0.3, 0.4) is 0 Å². The molecule has 0 bridgehead atoms. The second-order valence-electron chi connectivity index (χ2n) is 3.29. The summed E-state index contributed by atoms with van der Waals surface area (Å²) in [7, 11) is 0. The van der Waals surface area contributed by atoms with Gasteiger partial charge in [0.1, 0.15) is 0 Å². The molecule has 0 atom stereocenters. The summed E-state index contributed by atoms with van der Waals surface area (Å²) in [5.41, 5.74) is 0.00380. The van der Waals surface area contributed by atoms with Crippen molar-refractivity contribution in [3.05, 3.63) is 41.7 Å². The van der Waals surface area contributed by atoms with E-state index in [4.69, 9.17) is 0 Å². The average Bonchev–Trinajstić information content (AvgIpc) is 2.16. The van der Waals surface area contributed by atoms with Crippen molar-refractivity contribution in [2.75, 3.05) is 0 Å². The fourth-order valence-electron chi connectivity index (χ4n) is 1.60. The number of aryl methyl sites for hydroxylation is 1. The van der Waals surface area contributed by atoms with E-state index in [-0.39, 0.29) is 5.39 Å². The van der Waals surface area contributed by atoms with Crippen molar-refractivity contribution in [3.63, 3.8) is 0 Å². The first kappa shape index (κ1) is 9.96. The minimum Gasteiger partial charge on any atom is -0.261 e. The van der Waals surface area contributed by atoms with Gasteiger partial charge in [-0.3, -0.25) is 4.98 Å². The van der Waals surface area contributed by atoms with Crippen LogP contribution in [0, 0.1) is 6.92 Å². The number of rotatable bonds is 0. The van der Waals surface area contributed by atoms with Crippen LogP contribution in [0.2, 0.25) is 0 Å². The molecular weight excluding hydrogens is 203 g/mol. The Hall–Kier alpha value is -1.58. The number of halogens is 3. The van der Waals surface area contributed by atoms with Crippen molar-refractivity contribution in [3.8, 4) is 0 Å². The van der Waals surface area contributed by atoms with E-state index in [1.807, 2.05) is 0 Å². The van der Waals surface area contributed by atoms with Gasteiger partial charge in [0.25, 0.3) is 0 Å². The van der Waals surface area contributed by atoms with Crippen LogP contribution in [-0.4, -0.2) is 4.98 Å². The third-order valence-corrected chi connectivity index (χ3v) is 2.31. The first-order chi connectivity index (χ1) is 7.00. The molecule has 0 fully saturated rings. The zero-order chi connectivity index (χ0) is 11.1. The average molecular weight is 211 g/mol. The molecule has 1 aromatic heterocycles. The number of fused-ring (bicyclic) bond motifs is 1. The van der Waals surface area contributed by atoms with Gasteiger partial charge in [0, 0.05) is 17.3 Å². The number of hydrogen-bond donors (Lipinski definition) is 0. The molecule has 0 radical (unpaired) electrons. The molecule has 15 heavy (non-hydrogen) atoms. The molecule has 0 amide bonds. The highest BCUT2D eigenvalue weighted by Crippen LogP contribution is 2.34. The molecule has 1 heterocycles. The van der Waals surface area contributed by atoms with Crippen molar-refractivity contribution in [1.29, 1.82) is 0 Å². The number of nitrogens with zero attached hydrogens (tertiary/aromatic N) is 1. The van der Waals surface area contributed by atoms with Gasteiger partial charge in [-0.15, -0.1) is 0 Å². The van der Waals surface area contributed by atoms with Crippen LogP contribution in [0.4, 0.5) is 13.2 Å². The van der Waals surface area contributed by atoms with E-state index in [0.717, 1.165) is 6.07 Å². The molecule has 0 aliphatic rings. The fourth-order valence-corrected chi connectivity index (χ4v) is 1.60. The Balaban J connectivity index is 2.83. The van der Waals surface area contributed by atoms with E-state index in [2.05, 4.69) is 4.98 Å². The lowest BCUT2D eigenvalue weighted by molar-refractivity contribution is -0.136. The lowest BCUT2D eigenvalue weighted by atomic mass is 10.0. The molecule has 0 saturated heterocycles. The molecule has 1 aromatic carbocycles. The maximum atomic E-state index is 12.6. The minimum atomic E-state index is -4.31. The maximum absolute atomic E-state index is 12.6. The normalized spacial score (nSPS) is 12.0. The Bertz CT molecular complexity index is 503. The van der Waals surface area contributed by atoms with Gasteiger partial charge in [-0.1, -0.05) is 12.1 Å². The van der Waals surface area contributed by atoms with Crippen LogP contribution in [0.5, 0.6) is 0 Å². The van der Waals surface area contributed by atoms with Gasteiger partial charge in [-0.2, -0.15) is 13.2 Å². The highest BCUT2D eigenvalue weighted by molar-refractivity contribution is 5.87. The monoisotopic (exact) mass is 211 g/mol. The summed E-state index contributed by atoms with van der Waals surface area (Å²) in [5.74, 6) is 0. The van der Waals surface area contributed by atoms with Crippen molar-refractivity contribution < 1.29 is 13.2 Å². The summed E-state index contributed by atoms with van der Waals surface area (Å²) in [5, 5.41) is 0.754. The molecule has 0 unspecified atom stereocenters. The molecule has 0 spiro atoms. The summed E-state index contributed by atoms with van der Waals surface area (Å²) < 4.78 is 37.9. The molecule has 2 rings (SSSR count). The van der Waals surface area contributed by atoms with Crippen LogP contribution in [-0.2, 0) is 6.18 Å². The topological polar surface area (TPSA) is 12.9 Å². The predicted molar refractivity (Wildman–Crippen MR) is 51.5 cm³/mol. The molecule has 0 saturated carbocycles. The molecule has 0 aliphatic carbocycles. The van der Waals surface area contributed by atoms with Crippen LogP contribution < -0.4 is 0 Å². The van der Waals surface area contributed by atoms with Crippen molar-refractivity contribution >= 4 is 10.8 Å². The fraction of sp³-hybridized carbons (Fsp3) is 0.182. The van der Waals surface area contributed by atoms with Crippen LogP contribution >= 0.6 is 0 Å². The standard InChI is InChI=1S/C11H8F3N/c1-7-8-3-2-4-10(11(12,13)14)9(8)5-6-15-7/h2-6H,1H3. The minimum absolute atomic E-state index is 0.206. The van der Waals surface area contributed by atoms with Crippen molar-refractivity contribution in [2.45, 2.75) is 13.1 Å². The third kappa shape index (κ3) is 1.67. The van der Waals surface area contributed by atoms with Gasteiger partial charge < -0.3 is 0 Å². The zero-order valence-corrected chi connectivity index (χ0v) is 7.97. The molecule has 2 aromatic rings. The van der Waals surface area contributed by atoms with E-state index in [9.17, 15) is 13.2 Å². The van der Waals surface area contributed by atoms with Crippen LogP contribution in [0.15, 0.2) is 30.5 Å². The molecule has 1 nitrogen and oxygen atoms in total. The molecule has 0 aliphatic heterocycles. The van der Waals surface area contributed by atoms with Crippen LogP contribution in [0.1, 0.15) is 11.3 Å². The number of aromatic nitrogens is 1. The lowest BCUT2D eigenvalue weighted by Crippen LogP contribution is -2.05. The Kier molecular flexibility index (Phi) is 2.14. The highest BCUT2D eigenvalue weighted by atomic mass is 19.4. The summed E-state index contributed by atoms with van der Waals surface area (Å²) in [6.07, 6.45) is -2.92. The second-order valence-corrected chi connectivity index (χ2v) is 3.29. The first-order valence-electron chi connectivity index (χ1n) is 4.41. The van der Waals surface area contributed by atoms with Crippen molar-refractivity contribution in [1.82, 2.24) is 4.98 Å². The SMILES string of the molecule is Cc1nccc2c(C(F)(F)F)cccc12. The number of hydrogen-bond acceptors (Lipinski definition) is 1. The summed E-state index contributed by atoms with van der Waals surface area (Å²) in [4.78, 5) is 3.96. The van der Waals surface area contributed by atoms with E-state index in [0.29, 0.717) is 11.1 Å². The Morgan fingerprint density at radius 3 is 2.47 bits per heavy atom. The first-order valence-corrected chi connectivity index (χ1v) is 4.41. The summed E-state index contributed by atoms with van der Waals surface area (Å²) in [6.45, 7) is 1.70. The number of pyridine rings is 1. The van der Waals surface area contributed by atoms with Gasteiger partial charge in [0.15, 0.2) is 0 Å². The second kappa shape index (κ2) is 3.22. The third-order valence-electron chi connectivity index (χ3n) is 2.31. The molecule has 78 valence electrons. The predicted octanol–water partition coefficient (Wildman–Crippen LogP) is 3.56. The van der Waals surface area contributed by atoms with Gasteiger partial charge in [-0.25, -0.2) is 0 Å². The smallest absolute Gasteiger partial charge is 0.261 e. The van der Waals surface area contributed by atoms with Crippen molar-refractivity contribution in [2.24, 2.45) is 0 Å². The maximum Gasteiger partial charge on any atom is 0.417 e. The number of benzene rings is 1. The molecule has 0 N–H and O–H groups in total. The Morgan fingerprint density at radius 1 is 1.07 bits per heavy atom. The molecular formula is C11H8F3N. The van der Waals surface area contributed by atoms with E-state index < -0.39 is 11.7 Å². The largest absolute Gasteiger partial charge is 0.417 e. The Morgan fingerprint density at radius 2 is 1.80 bits per heavy atom. The lowest BCUT2D eigenvalue weighted by Gasteiger charge is -2.10. The van der Waals surface area contributed by atoms with E-state index in [1.54, 1.807) is 13.0 Å². The Labute approximate surface area is 84.6 Å². The number of alkyl halides is 3. The zero-order valence-electron chi connectivity index (χ0n) is 7.97. The van der Waals surface area contributed by atoms with Gasteiger partial charge in [0.05, 0.1) is 5.56 Å². The quantitative estimate of drug-likeness (QED) is 0.649. The van der Waals surface area contributed by atoms with Gasteiger partial charge in [0.2, 0.25) is 0 Å². The highest BCUT2D eigenvalue weighted by Gasteiger charge is 2.32. The summed E-state index contributed by atoms with van der Waals surface area (Å²) >= 11 is 0. The van der Waals surface area contributed by atoms with Crippen LogP contribution in [0.25, 0.3) is 10.8 Å². The molecule has 4 heteroatoms.